The number of rotatable bonds is 8. The molecule has 0 aliphatic rings. The van der Waals surface area contributed by atoms with Crippen molar-refractivity contribution in [2.45, 2.75) is 13.0 Å². The van der Waals surface area contributed by atoms with Crippen LogP contribution in [-0.2, 0) is 6.54 Å². The summed E-state index contributed by atoms with van der Waals surface area (Å²) in [4.78, 5) is 24.4. The van der Waals surface area contributed by atoms with E-state index in [4.69, 9.17) is 0 Å². The van der Waals surface area contributed by atoms with E-state index in [1.165, 1.54) is 23.8 Å². The molecular formula is C18H21N3O3. The van der Waals surface area contributed by atoms with Gasteiger partial charge < -0.3 is 10.2 Å². The summed E-state index contributed by atoms with van der Waals surface area (Å²) in [5, 5.41) is 13.5. The van der Waals surface area contributed by atoms with Crippen LogP contribution in [0, 0.1) is 10.1 Å². The van der Waals surface area contributed by atoms with Gasteiger partial charge in [-0.25, -0.2) is 0 Å². The number of nitrogens with zero attached hydrogens (tertiary/aromatic N) is 2. The number of amides is 1. The lowest BCUT2D eigenvalue weighted by Gasteiger charge is -2.16. The summed E-state index contributed by atoms with van der Waals surface area (Å²) < 4.78 is 0. The zero-order chi connectivity index (χ0) is 17.4. The van der Waals surface area contributed by atoms with E-state index in [-0.39, 0.29) is 11.6 Å². The monoisotopic (exact) mass is 327 g/mol. The van der Waals surface area contributed by atoms with Gasteiger partial charge in [0.05, 0.1) is 4.92 Å². The van der Waals surface area contributed by atoms with E-state index in [9.17, 15) is 14.9 Å². The molecule has 0 saturated carbocycles. The third-order valence-electron chi connectivity index (χ3n) is 3.62. The smallest absolute Gasteiger partial charge is 0.270 e. The second kappa shape index (κ2) is 8.79. The van der Waals surface area contributed by atoms with Crippen molar-refractivity contribution < 1.29 is 9.72 Å². The fraction of sp³-hybridized carbons (Fsp3) is 0.278. The number of nitro groups is 1. The second-order valence-corrected chi connectivity index (χ2v) is 5.64. The molecule has 0 aliphatic heterocycles. The Morgan fingerprint density at radius 2 is 1.92 bits per heavy atom. The molecule has 0 aliphatic carbocycles. The van der Waals surface area contributed by atoms with Gasteiger partial charge >= 0.3 is 0 Å². The van der Waals surface area contributed by atoms with Crippen molar-refractivity contribution in [2.24, 2.45) is 0 Å². The van der Waals surface area contributed by atoms with Crippen molar-refractivity contribution >= 4 is 11.6 Å². The molecule has 2 aromatic carbocycles. The molecule has 1 N–H and O–H groups in total. The Morgan fingerprint density at radius 1 is 1.17 bits per heavy atom. The van der Waals surface area contributed by atoms with E-state index in [0.717, 1.165) is 19.5 Å². The lowest BCUT2D eigenvalue weighted by Crippen LogP contribution is -2.28. The molecule has 6 nitrogen and oxygen atoms in total. The molecule has 0 unspecified atom stereocenters. The van der Waals surface area contributed by atoms with Crippen LogP contribution in [0.15, 0.2) is 54.6 Å². The molecule has 0 saturated heterocycles. The summed E-state index contributed by atoms with van der Waals surface area (Å²) in [6.07, 6.45) is 0.810. The van der Waals surface area contributed by atoms with Gasteiger partial charge in [-0.3, -0.25) is 14.9 Å². The number of non-ortho nitro benzene ring substituents is 1. The van der Waals surface area contributed by atoms with E-state index in [1.54, 1.807) is 6.07 Å². The maximum atomic E-state index is 12.0. The fourth-order valence-electron chi connectivity index (χ4n) is 2.39. The van der Waals surface area contributed by atoms with Crippen molar-refractivity contribution in [3.63, 3.8) is 0 Å². The van der Waals surface area contributed by atoms with Gasteiger partial charge in [-0.1, -0.05) is 36.4 Å². The highest BCUT2D eigenvalue weighted by Crippen LogP contribution is 2.12. The Bertz CT molecular complexity index is 689. The van der Waals surface area contributed by atoms with Gasteiger partial charge in [-0.2, -0.15) is 0 Å². The lowest BCUT2D eigenvalue weighted by molar-refractivity contribution is -0.384. The number of benzene rings is 2. The quantitative estimate of drug-likeness (QED) is 0.459. The van der Waals surface area contributed by atoms with Crippen molar-refractivity contribution in [2.75, 3.05) is 20.1 Å². The number of carbonyl (C=O) groups is 1. The molecular weight excluding hydrogens is 306 g/mol. The van der Waals surface area contributed by atoms with Crippen LogP contribution in [-0.4, -0.2) is 35.9 Å². The van der Waals surface area contributed by atoms with E-state index in [2.05, 4.69) is 22.3 Å². The minimum Gasteiger partial charge on any atom is -0.352 e. The first kappa shape index (κ1) is 17.6. The third kappa shape index (κ3) is 5.48. The summed E-state index contributed by atoms with van der Waals surface area (Å²) in [5.41, 5.74) is 1.48. The standard InChI is InChI=1S/C18H21N3O3/c1-20(14-15-7-3-2-4-8-15)12-6-11-19-18(22)16-9-5-10-17(13-16)21(23)24/h2-5,7-10,13H,6,11-12,14H2,1H3,(H,19,22). The normalized spacial score (nSPS) is 10.6. The Balaban J connectivity index is 1.73. The summed E-state index contributed by atoms with van der Waals surface area (Å²) >= 11 is 0. The number of hydrogen-bond donors (Lipinski definition) is 1. The Labute approximate surface area is 141 Å². The molecule has 0 radical (unpaired) electrons. The number of hydrogen-bond acceptors (Lipinski definition) is 4. The molecule has 0 spiro atoms. The SMILES string of the molecule is CN(CCCNC(=O)c1cccc([N+](=O)[O-])c1)Cc1ccccc1. The van der Waals surface area contributed by atoms with Gasteiger partial charge in [-0.15, -0.1) is 0 Å². The average Bonchev–Trinajstić information content (AvgIpc) is 2.59. The molecule has 0 fully saturated rings. The molecule has 126 valence electrons. The third-order valence-corrected chi connectivity index (χ3v) is 3.62. The Morgan fingerprint density at radius 3 is 2.62 bits per heavy atom. The zero-order valence-corrected chi connectivity index (χ0v) is 13.6. The highest BCUT2D eigenvalue weighted by atomic mass is 16.6. The maximum absolute atomic E-state index is 12.0. The molecule has 0 bridgehead atoms. The lowest BCUT2D eigenvalue weighted by atomic mass is 10.2. The topological polar surface area (TPSA) is 75.5 Å². The fourth-order valence-corrected chi connectivity index (χ4v) is 2.39. The molecule has 0 atom stereocenters. The summed E-state index contributed by atoms with van der Waals surface area (Å²) in [7, 11) is 2.04. The minimum atomic E-state index is -0.505. The van der Waals surface area contributed by atoms with E-state index in [1.807, 2.05) is 25.2 Å². The van der Waals surface area contributed by atoms with E-state index < -0.39 is 4.92 Å². The van der Waals surface area contributed by atoms with Gasteiger partial charge in [0.25, 0.3) is 11.6 Å². The first-order valence-electron chi connectivity index (χ1n) is 7.81. The van der Waals surface area contributed by atoms with Gasteiger partial charge in [0.15, 0.2) is 0 Å². The molecule has 0 heterocycles. The van der Waals surface area contributed by atoms with Crippen LogP contribution < -0.4 is 5.32 Å². The Kier molecular flexibility index (Phi) is 6.45. The van der Waals surface area contributed by atoms with Crippen LogP contribution in [0.3, 0.4) is 0 Å². The van der Waals surface area contributed by atoms with Crippen LogP contribution in [0.4, 0.5) is 5.69 Å². The number of nitrogens with one attached hydrogen (secondary N) is 1. The molecule has 24 heavy (non-hydrogen) atoms. The van der Waals surface area contributed by atoms with Gasteiger partial charge in [0, 0.05) is 30.8 Å². The predicted octanol–water partition coefficient (Wildman–Crippen LogP) is 2.85. The van der Waals surface area contributed by atoms with Crippen LogP contribution >= 0.6 is 0 Å². The number of carbonyl (C=O) groups excluding carboxylic acids is 1. The van der Waals surface area contributed by atoms with Crippen molar-refractivity contribution in [3.8, 4) is 0 Å². The number of nitro benzene ring substituents is 1. The first-order chi connectivity index (χ1) is 11.6. The first-order valence-corrected chi connectivity index (χ1v) is 7.81. The van der Waals surface area contributed by atoms with Gasteiger partial charge in [0.2, 0.25) is 0 Å². The van der Waals surface area contributed by atoms with Crippen molar-refractivity contribution in [1.82, 2.24) is 10.2 Å². The van der Waals surface area contributed by atoms with Gasteiger partial charge in [-0.05, 0) is 31.6 Å². The van der Waals surface area contributed by atoms with Gasteiger partial charge in [0.1, 0.15) is 0 Å². The van der Waals surface area contributed by atoms with Crippen molar-refractivity contribution in [3.05, 3.63) is 75.8 Å². The molecule has 0 aromatic heterocycles. The molecule has 6 heteroatoms. The van der Waals surface area contributed by atoms with Crippen LogP contribution in [0.1, 0.15) is 22.3 Å². The van der Waals surface area contributed by atoms with Crippen molar-refractivity contribution in [1.29, 1.82) is 0 Å². The Hall–Kier alpha value is -2.73. The minimum absolute atomic E-state index is 0.0785. The van der Waals surface area contributed by atoms with Crippen LogP contribution in [0.2, 0.25) is 0 Å². The zero-order valence-electron chi connectivity index (χ0n) is 13.6. The van der Waals surface area contributed by atoms with Crippen LogP contribution in [0.25, 0.3) is 0 Å². The predicted molar refractivity (Wildman–Crippen MR) is 92.8 cm³/mol. The summed E-state index contributed by atoms with van der Waals surface area (Å²) in [6.45, 7) is 2.24. The average molecular weight is 327 g/mol. The highest BCUT2D eigenvalue weighted by Gasteiger charge is 2.11. The molecule has 1 amide bonds. The largest absolute Gasteiger partial charge is 0.352 e. The van der Waals surface area contributed by atoms with Crippen LogP contribution in [0.5, 0.6) is 0 Å². The molecule has 2 rings (SSSR count). The van der Waals surface area contributed by atoms with E-state index in [0.29, 0.717) is 12.1 Å². The second-order valence-electron chi connectivity index (χ2n) is 5.64. The molecule has 2 aromatic rings. The maximum Gasteiger partial charge on any atom is 0.270 e. The van der Waals surface area contributed by atoms with E-state index >= 15 is 0 Å². The summed E-state index contributed by atoms with van der Waals surface area (Å²) in [6, 6.07) is 15.9. The highest BCUT2D eigenvalue weighted by molar-refractivity contribution is 5.94. The summed E-state index contributed by atoms with van der Waals surface area (Å²) in [5.74, 6) is -0.288.